The van der Waals surface area contributed by atoms with Crippen molar-refractivity contribution in [3.63, 3.8) is 0 Å². The first kappa shape index (κ1) is 24.3. The summed E-state index contributed by atoms with van der Waals surface area (Å²) in [5, 5.41) is 16.0. The maximum Gasteiger partial charge on any atom is 0.317 e. The number of aryl methyl sites for hydroxylation is 1. The standard InChI is InChI=1S/C24H27N3O5S/c1-6-31-18-13-11-17(12-14-18)15-21(28)32-23-22(16(2)25-26(23)24(3,4)5)33-20-10-8-7-9-19(20)27(29)30/h7-14H,6,15H2,1-5H3. The molecule has 0 saturated carbocycles. The summed E-state index contributed by atoms with van der Waals surface area (Å²) in [6.45, 7) is 10.1. The third-order valence-electron chi connectivity index (χ3n) is 4.67. The first-order chi connectivity index (χ1) is 15.6. The van der Waals surface area contributed by atoms with Crippen molar-refractivity contribution in [3.05, 3.63) is 69.9 Å². The molecular formula is C24H27N3O5S. The second-order valence-corrected chi connectivity index (χ2v) is 9.41. The van der Waals surface area contributed by atoms with E-state index in [1.165, 1.54) is 17.8 Å². The first-order valence-corrected chi connectivity index (χ1v) is 11.4. The highest BCUT2D eigenvalue weighted by Crippen LogP contribution is 2.42. The van der Waals surface area contributed by atoms with E-state index in [0.29, 0.717) is 22.1 Å². The fourth-order valence-corrected chi connectivity index (χ4v) is 4.16. The minimum atomic E-state index is -0.471. The summed E-state index contributed by atoms with van der Waals surface area (Å²) < 4.78 is 12.9. The minimum Gasteiger partial charge on any atom is -0.494 e. The lowest BCUT2D eigenvalue weighted by Gasteiger charge is -2.22. The Morgan fingerprint density at radius 1 is 1.15 bits per heavy atom. The lowest BCUT2D eigenvalue weighted by atomic mass is 10.1. The molecule has 8 nitrogen and oxygen atoms in total. The lowest BCUT2D eigenvalue weighted by Crippen LogP contribution is -2.26. The monoisotopic (exact) mass is 469 g/mol. The molecule has 0 atom stereocenters. The molecule has 0 spiro atoms. The summed E-state index contributed by atoms with van der Waals surface area (Å²) in [7, 11) is 0. The number of aromatic nitrogens is 2. The number of ether oxygens (including phenoxy) is 2. The summed E-state index contributed by atoms with van der Waals surface area (Å²) in [4.78, 5) is 24.9. The quantitative estimate of drug-likeness (QED) is 0.242. The molecule has 3 rings (SSSR count). The predicted octanol–water partition coefficient (Wildman–Crippen LogP) is 5.55. The van der Waals surface area contributed by atoms with Crippen molar-refractivity contribution < 1.29 is 19.2 Å². The Morgan fingerprint density at radius 3 is 2.42 bits per heavy atom. The van der Waals surface area contributed by atoms with Gasteiger partial charge in [0.2, 0.25) is 5.88 Å². The molecule has 2 aromatic carbocycles. The van der Waals surface area contributed by atoms with Crippen LogP contribution in [-0.2, 0) is 16.8 Å². The van der Waals surface area contributed by atoms with Gasteiger partial charge in [0.1, 0.15) is 5.75 Å². The van der Waals surface area contributed by atoms with Crippen molar-refractivity contribution in [3.8, 4) is 11.6 Å². The van der Waals surface area contributed by atoms with E-state index >= 15 is 0 Å². The van der Waals surface area contributed by atoms with Crippen molar-refractivity contribution in [2.75, 3.05) is 6.61 Å². The van der Waals surface area contributed by atoms with Crippen LogP contribution >= 0.6 is 11.8 Å². The largest absolute Gasteiger partial charge is 0.494 e. The number of esters is 1. The number of rotatable bonds is 8. The highest BCUT2D eigenvalue weighted by molar-refractivity contribution is 7.99. The number of nitro benzene ring substituents is 1. The van der Waals surface area contributed by atoms with Crippen LogP contribution in [0.3, 0.4) is 0 Å². The van der Waals surface area contributed by atoms with Crippen LogP contribution in [0.1, 0.15) is 39.0 Å². The Labute approximate surface area is 197 Å². The average Bonchev–Trinajstić information content (AvgIpc) is 3.05. The number of carbonyl (C=O) groups is 1. The van der Waals surface area contributed by atoms with Crippen LogP contribution < -0.4 is 9.47 Å². The second kappa shape index (κ2) is 10.1. The molecule has 0 fully saturated rings. The molecule has 0 N–H and O–H groups in total. The van der Waals surface area contributed by atoms with Crippen LogP contribution in [-0.4, -0.2) is 27.3 Å². The third-order valence-corrected chi connectivity index (χ3v) is 5.91. The van der Waals surface area contributed by atoms with E-state index < -0.39 is 16.4 Å². The molecule has 0 aliphatic rings. The van der Waals surface area contributed by atoms with Gasteiger partial charge in [-0.25, -0.2) is 4.68 Å². The number of nitro groups is 1. The smallest absolute Gasteiger partial charge is 0.317 e. The summed E-state index contributed by atoms with van der Waals surface area (Å²) >= 11 is 1.17. The van der Waals surface area contributed by atoms with E-state index in [2.05, 4.69) is 5.10 Å². The Balaban J connectivity index is 1.91. The molecule has 174 valence electrons. The van der Waals surface area contributed by atoms with Gasteiger partial charge in [0.15, 0.2) is 0 Å². The number of hydrogen-bond donors (Lipinski definition) is 0. The van der Waals surface area contributed by atoms with Crippen molar-refractivity contribution in [1.82, 2.24) is 9.78 Å². The molecule has 0 aliphatic heterocycles. The van der Waals surface area contributed by atoms with Gasteiger partial charge >= 0.3 is 5.97 Å². The number of nitrogens with zero attached hydrogens (tertiary/aromatic N) is 3. The SMILES string of the molecule is CCOc1ccc(CC(=O)Oc2c(Sc3ccccc3[N+](=O)[O-])c(C)nn2C(C)(C)C)cc1. The summed E-state index contributed by atoms with van der Waals surface area (Å²) in [5.41, 5.74) is 0.921. The lowest BCUT2D eigenvalue weighted by molar-refractivity contribution is -0.387. The molecule has 0 saturated heterocycles. The van der Waals surface area contributed by atoms with Crippen LogP contribution in [0.25, 0.3) is 0 Å². The van der Waals surface area contributed by atoms with Gasteiger partial charge in [0.05, 0.1) is 39.0 Å². The van der Waals surface area contributed by atoms with Gasteiger partial charge in [0, 0.05) is 6.07 Å². The molecule has 0 aliphatic carbocycles. The van der Waals surface area contributed by atoms with E-state index in [0.717, 1.165) is 11.3 Å². The summed E-state index contributed by atoms with van der Waals surface area (Å²) in [5.74, 6) is 0.562. The molecule has 0 unspecified atom stereocenters. The van der Waals surface area contributed by atoms with Crippen molar-refractivity contribution in [2.24, 2.45) is 0 Å². The van der Waals surface area contributed by atoms with Gasteiger partial charge in [-0.15, -0.1) is 0 Å². The van der Waals surface area contributed by atoms with Gasteiger partial charge in [-0.2, -0.15) is 5.10 Å². The third kappa shape index (κ3) is 5.92. The van der Waals surface area contributed by atoms with Gasteiger partial charge in [0.25, 0.3) is 5.69 Å². The number of para-hydroxylation sites is 1. The van der Waals surface area contributed by atoms with Crippen LogP contribution in [0.2, 0.25) is 0 Å². The fourth-order valence-electron chi connectivity index (χ4n) is 3.14. The molecule has 9 heteroatoms. The van der Waals surface area contributed by atoms with E-state index in [1.807, 2.05) is 52.0 Å². The normalized spacial score (nSPS) is 11.3. The highest BCUT2D eigenvalue weighted by Gasteiger charge is 2.28. The van der Waals surface area contributed by atoms with Crippen LogP contribution in [0.15, 0.2) is 58.3 Å². The molecule has 0 radical (unpaired) electrons. The fraction of sp³-hybridized carbons (Fsp3) is 0.333. The predicted molar refractivity (Wildman–Crippen MR) is 126 cm³/mol. The Hall–Kier alpha value is -3.33. The average molecular weight is 470 g/mol. The van der Waals surface area contributed by atoms with Crippen molar-refractivity contribution in [1.29, 1.82) is 0 Å². The molecule has 3 aromatic rings. The maximum absolute atomic E-state index is 12.8. The van der Waals surface area contributed by atoms with Crippen molar-refractivity contribution >= 4 is 23.4 Å². The second-order valence-electron chi connectivity index (χ2n) is 8.36. The number of hydrogen-bond acceptors (Lipinski definition) is 7. The molecule has 1 heterocycles. The van der Waals surface area contributed by atoms with Crippen LogP contribution in [0, 0.1) is 17.0 Å². The molecule has 33 heavy (non-hydrogen) atoms. The molecule has 1 aromatic heterocycles. The van der Waals surface area contributed by atoms with Gasteiger partial charge in [-0.1, -0.05) is 36.0 Å². The van der Waals surface area contributed by atoms with Gasteiger partial charge in [-0.05, 0) is 58.4 Å². The first-order valence-electron chi connectivity index (χ1n) is 10.5. The maximum atomic E-state index is 12.8. The van der Waals surface area contributed by atoms with Crippen LogP contribution in [0.5, 0.6) is 11.6 Å². The van der Waals surface area contributed by atoms with E-state index in [-0.39, 0.29) is 18.0 Å². The van der Waals surface area contributed by atoms with Gasteiger partial charge < -0.3 is 9.47 Å². The molecule has 0 bridgehead atoms. The summed E-state index contributed by atoms with van der Waals surface area (Å²) in [6, 6.07) is 13.7. The summed E-state index contributed by atoms with van der Waals surface area (Å²) in [6.07, 6.45) is 0.0658. The van der Waals surface area contributed by atoms with Gasteiger partial charge in [-0.3, -0.25) is 14.9 Å². The minimum absolute atomic E-state index is 0.0166. The van der Waals surface area contributed by atoms with E-state index in [1.54, 1.807) is 29.8 Å². The zero-order valence-electron chi connectivity index (χ0n) is 19.3. The van der Waals surface area contributed by atoms with E-state index in [4.69, 9.17) is 9.47 Å². The van der Waals surface area contributed by atoms with Crippen molar-refractivity contribution in [2.45, 2.75) is 56.4 Å². The Kier molecular flexibility index (Phi) is 7.43. The molecule has 0 amide bonds. The highest BCUT2D eigenvalue weighted by atomic mass is 32.2. The topological polar surface area (TPSA) is 96.5 Å². The van der Waals surface area contributed by atoms with Crippen LogP contribution in [0.4, 0.5) is 5.69 Å². The Bertz CT molecular complexity index is 1150. The van der Waals surface area contributed by atoms with E-state index in [9.17, 15) is 14.9 Å². The zero-order chi connectivity index (χ0) is 24.2. The molecular weight excluding hydrogens is 442 g/mol. The Morgan fingerprint density at radius 2 is 1.82 bits per heavy atom. The number of benzene rings is 2. The zero-order valence-corrected chi connectivity index (χ0v) is 20.1. The number of carbonyl (C=O) groups excluding carboxylic acids is 1.